The van der Waals surface area contributed by atoms with E-state index < -0.39 is 12.6 Å². The molecule has 0 saturated heterocycles. The molecule has 2 nitrogen and oxygen atoms in total. The van der Waals surface area contributed by atoms with Gasteiger partial charge in [0.15, 0.2) is 0 Å². The highest BCUT2D eigenvalue weighted by atomic mass is 19.4. The van der Waals surface area contributed by atoms with Crippen molar-refractivity contribution in [1.82, 2.24) is 10.6 Å². The minimum absolute atomic E-state index is 0.127. The molecule has 1 aromatic carbocycles. The number of hydrogen-bond acceptors (Lipinski definition) is 2. The molecule has 0 spiro atoms. The Morgan fingerprint density at radius 2 is 1.74 bits per heavy atom. The predicted octanol–water partition coefficient (Wildman–Crippen LogP) is 2.88. The van der Waals surface area contributed by atoms with E-state index in [0.717, 1.165) is 18.5 Å². The van der Waals surface area contributed by atoms with Gasteiger partial charge in [-0.25, -0.2) is 0 Å². The lowest BCUT2D eigenvalue weighted by atomic mass is 10.0. The highest BCUT2D eigenvalue weighted by molar-refractivity contribution is 5.27. The molecule has 0 aromatic heterocycles. The number of nitrogens with one attached hydrogen (secondary N) is 2. The van der Waals surface area contributed by atoms with Gasteiger partial charge in [0.1, 0.15) is 0 Å². The number of rotatable bonds is 8. The molecule has 0 atom stereocenters. The van der Waals surface area contributed by atoms with E-state index in [-0.39, 0.29) is 6.42 Å². The molecule has 0 aliphatic rings. The topological polar surface area (TPSA) is 24.1 Å². The van der Waals surface area contributed by atoms with E-state index in [0.29, 0.717) is 13.1 Å². The maximum Gasteiger partial charge on any atom is 0.389 e. The van der Waals surface area contributed by atoms with Crippen LogP contribution in [0, 0.1) is 0 Å². The van der Waals surface area contributed by atoms with Crippen LogP contribution in [-0.2, 0) is 13.0 Å². The molecule has 0 fully saturated rings. The predicted molar refractivity (Wildman–Crippen MR) is 71.1 cm³/mol. The van der Waals surface area contributed by atoms with Crippen molar-refractivity contribution in [1.29, 1.82) is 0 Å². The van der Waals surface area contributed by atoms with Crippen LogP contribution in [0.2, 0.25) is 0 Å². The van der Waals surface area contributed by atoms with Gasteiger partial charge < -0.3 is 10.6 Å². The molecule has 0 unspecified atom stereocenters. The van der Waals surface area contributed by atoms with Crippen molar-refractivity contribution in [2.45, 2.75) is 32.0 Å². The van der Waals surface area contributed by atoms with E-state index in [4.69, 9.17) is 0 Å². The van der Waals surface area contributed by atoms with Crippen LogP contribution >= 0.6 is 0 Å². The fourth-order valence-electron chi connectivity index (χ4n) is 1.87. The maximum absolute atomic E-state index is 12.0. The Balaban J connectivity index is 2.32. The van der Waals surface area contributed by atoms with Crippen LogP contribution < -0.4 is 10.6 Å². The lowest BCUT2D eigenvalue weighted by Gasteiger charge is -2.11. The van der Waals surface area contributed by atoms with E-state index in [1.54, 1.807) is 0 Å². The molecule has 2 N–H and O–H groups in total. The molecule has 108 valence electrons. The van der Waals surface area contributed by atoms with E-state index in [1.165, 1.54) is 5.56 Å². The van der Waals surface area contributed by atoms with Gasteiger partial charge in [-0.3, -0.25) is 0 Å². The van der Waals surface area contributed by atoms with E-state index in [9.17, 15) is 13.2 Å². The van der Waals surface area contributed by atoms with Gasteiger partial charge in [0.2, 0.25) is 0 Å². The number of hydrogen-bond donors (Lipinski definition) is 2. The third kappa shape index (κ3) is 7.18. The fourth-order valence-corrected chi connectivity index (χ4v) is 1.87. The van der Waals surface area contributed by atoms with Gasteiger partial charge in [0, 0.05) is 13.0 Å². The molecule has 0 amide bonds. The minimum Gasteiger partial charge on any atom is -0.319 e. The zero-order valence-electron chi connectivity index (χ0n) is 11.2. The summed E-state index contributed by atoms with van der Waals surface area (Å²) in [7, 11) is 1.90. The molecule has 0 aliphatic carbocycles. The van der Waals surface area contributed by atoms with Crippen molar-refractivity contribution in [3.05, 3.63) is 35.4 Å². The lowest BCUT2D eigenvalue weighted by Crippen LogP contribution is -2.19. The molecular weight excluding hydrogens is 253 g/mol. The summed E-state index contributed by atoms with van der Waals surface area (Å²) in [6, 6.07) is 8.01. The van der Waals surface area contributed by atoms with E-state index >= 15 is 0 Å². The summed E-state index contributed by atoms with van der Waals surface area (Å²) < 4.78 is 35.9. The second-order valence-corrected chi connectivity index (χ2v) is 4.52. The lowest BCUT2D eigenvalue weighted by molar-refractivity contribution is -0.135. The van der Waals surface area contributed by atoms with E-state index in [2.05, 4.69) is 16.7 Å². The number of benzene rings is 1. The quantitative estimate of drug-likeness (QED) is 0.712. The number of alkyl halides is 3. The molecule has 0 radical (unpaired) electrons. The Hall–Kier alpha value is -1.07. The third-order valence-electron chi connectivity index (χ3n) is 2.89. The normalized spacial score (nSPS) is 11.8. The molecule has 0 heterocycles. The van der Waals surface area contributed by atoms with Crippen LogP contribution in [0.15, 0.2) is 24.3 Å². The van der Waals surface area contributed by atoms with Crippen molar-refractivity contribution in [2.24, 2.45) is 0 Å². The van der Waals surface area contributed by atoms with Crippen molar-refractivity contribution in [3.8, 4) is 0 Å². The molecule has 19 heavy (non-hydrogen) atoms. The molecular formula is C14H21F3N2. The highest BCUT2D eigenvalue weighted by Crippen LogP contribution is 2.20. The summed E-state index contributed by atoms with van der Waals surface area (Å²) in [4.78, 5) is 0. The molecule has 5 heteroatoms. The first-order valence-corrected chi connectivity index (χ1v) is 6.52. The molecule has 1 aromatic rings. The van der Waals surface area contributed by atoms with Gasteiger partial charge in [-0.15, -0.1) is 0 Å². The Labute approximate surface area is 112 Å². The third-order valence-corrected chi connectivity index (χ3v) is 2.89. The van der Waals surface area contributed by atoms with Crippen LogP contribution in [0.25, 0.3) is 0 Å². The van der Waals surface area contributed by atoms with Gasteiger partial charge in [0.05, 0.1) is 0 Å². The van der Waals surface area contributed by atoms with Crippen LogP contribution in [0.5, 0.6) is 0 Å². The molecule has 0 aliphatic heterocycles. The summed E-state index contributed by atoms with van der Waals surface area (Å²) in [5, 5.41) is 6.16. The second kappa shape index (κ2) is 8.17. The number of halogens is 3. The highest BCUT2D eigenvalue weighted by Gasteiger charge is 2.25. The largest absolute Gasteiger partial charge is 0.389 e. The van der Waals surface area contributed by atoms with Crippen molar-refractivity contribution in [3.63, 3.8) is 0 Å². The van der Waals surface area contributed by atoms with Crippen LogP contribution in [-0.4, -0.2) is 26.3 Å². The molecule has 0 bridgehead atoms. The Morgan fingerprint density at radius 1 is 1.05 bits per heavy atom. The number of likely N-dealkylation sites (N-methyl/N-ethyl adjacent to an activating group) is 1. The Kier molecular flexibility index (Phi) is 6.87. The summed E-state index contributed by atoms with van der Waals surface area (Å²) in [6.45, 7) is 1.91. The minimum atomic E-state index is -4.05. The van der Waals surface area contributed by atoms with Crippen molar-refractivity contribution < 1.29 is 13.2 Å². The Bertz CT molecular complexity index is 364. The van der Waals surface area contributed by atoms with Crippen LogP contribution in [0.3, 0.4) is 0 Å². The van der Waals surface area contributed by atoms with Crippen LogP contribution in [0.1, 0.15) is 24.0 Å². The fraction of sp³-hybridized carbons (Fsp3) is 0.571. The average molecular weight is 274 g/mol. The average Bonchev–Trinajstić information content (AvgIpc) is 2.36. The zero-order chi connectivity index (χ0) is 14.1. The first-order valence-electron chi connectivity index (χ1n) is 6.52. The van der Waals surface area contributed by atoms with Gasteiger partial charge >= 0.3 is 6.18 Å². The maximum atomic E-state index is 12.0. The molecule has 1 rings (SSSR count). The summed E-state index contributed by atoms with van der Waals surface area (Å²) in [5.74, 6) is 0. The smallest absolute Gasteiger partial charge is 0.319 e. The van der Waals surface area contributed by atoms with Crippen molar-refractivity contribution in [2.75, 3.05) is 20.1 Å². The first-order chi connectivity index (χ1) is 9.03. The van der Waals surface area contributed by atoms with Gasteiger partial charge in [0.25, 0.3) is 0 Å². The monoisotopic (exact) mass is 274 g/mol. The second-order valence-electron chi connectivity index (χ2n) is 4.52. The van der Waals surface area contributed by atoms with E-state index in [1.807, 2.05) is 25.2 Å². The summed E-state index contributed by atoms with van der Waals surface area (Å²) >= 11 is 0. The van der Waals surface area contributed by atoms with Gasteiger partial charge in [-0.1, -0.05) is 24.3 Å². The SMILES string of the molecule is CNCCc1ccccc1CNCCCC(F)(F)F. The summed E-state index contributed by atoms with van der Waals surface area (Å²) in [6.07, 6.45) is -3.72. The Morgan fingerprint density at radius 3 is 2.37 bits per heavy atom. The first kappa shape index (κ1) is 16.0. The standard InChI is InChI=1S/C14H21F3N2/c1-18-10-7-12-5-2-3-6-13(12)11-19-9-4-8-14(15,16)17/h2-3,5-6,18-19H,4,7-11H2,1H3. The van der Waals surface area contributed by atoms with Gasteiger partial charge in [-0.2, -0.15) is 13.2 Å². The zero-order valence-corrected chi connectivity index (χ0v) is 11.2. The summed E-state index contributed by atoms with van der Waals surface area (Å²) in [5.41, 5.74) is 2.39. The van der Waals surface area contributed by atoms with Gasteiger partial charge in [-0.05, 0) is 44.1 Å². The van der Waals surface area contributed by atoms with Crippen molar-refractivity contribution >= 4 is 0 Å². The van der Waals surface area contributed by atoms with Crippen LogP contribution in [0.4, 0.5) is 13.2 Å². The molecule has 0 saturated carbocycles.